The molecule has 2 N–H and O–H groups in total. The molecule has 0 bridgehead atoms. The van der Waals surface area contributed by atoms with Crippen molar-refractivity contribution in [2.24, 2.45) is 7.05 Å². The third-order valence-corrected chi connectivity index (χ3v) is 6.05. The second-order valence-electron chi connectivity index (χ2n) is 9.26. The van der Waals surface area contributed by atoms with Crippen molar-refractivity contribution in [3.05, 3.63) is 66.2 Å². The van der Waals surface area contributed by atoms with Gasteiger partial charge in [-0.05, 0) is 30.8 Å². The van der Waals surface area contributed by atoms with E-state index in [1.54, 1.807) is 66.7 Å². The van der Waals surface area contributed by atoms with Crippen LogP contribution in [0, 0.1) is 0 Å². The van der Waals surface area contributed by atoms with Gasteiger partial charge in [-0.15, -0.1) is 0 Å². The molecule has 0 aliphatic heterocycles. The molecule has 0 saturated carbocycles. The standard InChI is InChI=1S/C27H31F2N8O2P/c1-5-22(38)19-13-31-24(34-23-10-9-17(12-30-23)14-36(2)15-27(28,29)40)11-21(19)33-20-8-6-7-18(25(20)39-4)26-32-16-37(3)35-26/h6-13,16H,5,14-15,40H2,1-4H3,(H2,30,31,33,34). The zero-order chi connectivity index (χ0) is 28.9. The van der Waals surface area contributed by atoms with Crippen LogP contribution in [0.25, 0.3) is 11.4 Å². The summed E-state index contributed by atoms with van der Waals surface area (Å²) >= 11 is 0. The van der Waals surface area contributed by atoms with Gasteiger partial charge in [-0.25, -0.2) is 23.7 Å². The first-order chi connectivity index (χ1) is 19.1. The van der Waals surface area contributed by atoms with Crippen LogP contribution in [-0.2, 0) is 13.6 Å². The number of carbonyl (C=O) groups is 1. The molecule has 13 heteroatoms. The number of Topliss-reactive ketones (excluding diaryl/α,β-unsaturated/α-hetero) is 1. The molecule has 0 radical (unpaired) electrons. The first kappa shape index (κ1) is 29.0. The van der Waals surface area contributed by atoms with Gasteiger partial charge in [0.25, 0.3) is 5.66 Å². The number of ketones is 1. The number of methoxy groups -OCH3 is 1. The average Bonchev–Trinajstić information content (AvgIpc) is 3.34. The number of carbonyl (C=O) groups excluding carboxylic acids is 1. The highest BCUT2D eigenvalue weighted by Crippen LogP contribution is 2.37. The van der Waals surface area contributed by atoms with Gasteiger partial charge >= 0.3 is 0 Å². The number of aryl methyl sites for hydroxylation is 1. The number of rotatable bonds is 12. The average molecular weight is 569 g/mol. The number of pyridine rings is 2. The highest BCUT2D eigenvalue weighted by molar-refractivity contribution is 7.18. The number of anilines is 4. The summed E-state index contributed by atoms with van der Waals surface area (Å²) in [4.78, 5) is 27.4. The number of nitrogens with zero attached hydrogens (tertiary/aromatic N) is 6. The van der Waals surface area contributed by atoms with Crippen molar-refractivity contribution in [2.75, 3.05) is 31.3 Å². The second kappa shape index (κ2) is 12.4. The van der Waals surface area contributed by atoms with E-state index in [4.69, 9.17) is 4.74 Å². The van der Waals surface area contributed by atoms with Crippen molar-refractivity contribution >= 4 is 38.0 Å². The maximum atomic E-state index is 13.2. The fourth-order valence-electron chi connectivity index (χ4n) is 4.13. The Hall–Kier alpha value is -4.02. The van der Waals surface area contributed by atoms with E-state index in [1.165, 1.54) is 11.1 Å². The number of hydrogen-bond acceptors (Lipinski definition) is 9. The zero-order valence-corrected chi connectivity index (χ0v) is 23.8. The molecule has 0 aliphatic carbocycles. The van der Waals surface area contributed by atoms with Gasteiger partial charge in [-0.3, -0.25) is 14.4 Å². The van der Waals surface area contributed by atoms with E-state index in [0.717, 1.165) is 5.56 Å². The molecule has 1 atom stereocenters. The minimum absolute atomic E-state index is 0.0780. The fraction of sp³-hybridized carbons (Fsp3) is 0.296. The van der Waals surface area contributed by atoms with Gasteiger partial charge in [0.1, 0.15) is 18.0 Å². The van der Waals surface area contributed by atoms with Crippen LogP contribution in [0.1, 0.15) is 29.3 Å². The number of nitrogens with one attached hydrogen (secondary N) is 2. The van der Waals surface area contributed by atoms with Crippen LogP contribution in [0.5, 0.6) is 5.75 Å². The summed E-state index contributed by atoms with van der Waals surface area (Å²) in [7, 11) is 6.52. The summed E-state index contributed by atoms with van der Waals surface area (Å²) in [5.74, 6) is 1.92. The third-order valence-electron chi connectivity index (χ3n) is 5.87. The van der Waals surface area contributed by atoms with Crippen molar-refractivity contribution in [3.8, 4) is 17.1 Å². The van der Waals surface area contributed by atoms with Gasteiger partial charge in [-0.1, -0.05) is 28.3 Å². The number of para-hydroxylation sites is 1. The Balaban J connectivity index is 1.58. The molecule has 1 unspecified atom stereocenters. The van der Waals surface area contributed by atoms with Crippen molar-refractivity contribution in [2.45, 2.75) is 25.6 Å². The van der Waals surface area contributed by atoms with Crippen molar-refractivity contribution in [1.82, 2.24) is 29.6 Å². The maximum absolute atomic E-state index is 13.2. The number of aromatic nitrogens is 5. The molecule has 4 aromatic rings. The number of benzene rings is 1. The fourth-order valence-corrected chi connectivity index (χ4v) is 4.44. The van der Waals surface area contributed by atoms with Crippen LogP contribution in [0.2, 0.25) is 0 Å². The molecule has 1 aromatic carbocycles. The van der Waals surface area contributed by atoms with E-state index in [2.05, 4.69) is 30.7 Å². The summed E-state index contributed by atoms with van der Waals surface area (Å²) in [6, 6.07) is 10.8. The van der Waals surface area contributed by atoms with Crippen molar-refractivity contribution < 1.29 is 18.3 Å². The highest BCUT2D eigenvalue weighted by Gasteiger charge is 2.23. The molecule has 0 spiro atoms. The Morgan fingerprint density at radius 3 is 2.50 bits per heavy atom. The van der Waals surface area contributed by atoms with E-state index in [0.29, 0.717) is 58.7 Å². The lowest BCUT2D eigenvalue weighted by molar-refractivity contribution is 0.0611. The molecule has 0 aliphatic rings. The number of alkyl halides is 2. The molecule has 0 fully saturated rings. The van der Waals surface area contributed by atoms with Crippen molar-refractivity contribution in [3.63, 3.8) is 0 Å². The summed E-state index contributed by atoms with van der Waals surface area (Å²) in [5.41, 5.74) is 0.208. The van der Waals surface area contributed by atoms with Gasteiger partial charge in [0.05, 0.1) is 36.2 Å². The third kappa shape index (κ3) is 7.34. The number of ether oxygens (including phenoxy) is 1. The molecule has 40 heavy (non-hydrogen) atoms. The largest absolute Gasteiger partial charge is 0.494 e. The molecular formula is C27H31F2N8O2P. The molecule has 3 heterocycles. The zero-order valence-electron chi connectivity index (χ0n) is 22.7. The lowest BCUT2D eigenvalue weighted by Gasteiger charge is -2.20. The summed E-state index contributed by atoms with van der Waals surface area (Å²) in [6.07, 6.45) is 5.04. The molecular weight excluding hydrogens is 537 g/mol. The van der Waals surface area contributed by atoms with Gasteiger partial charge in [0, 0.05) is 38.5 Å². The predicted molar refractivity (Wildman–Crippen MR) is 154 cm³/mol. The Bertz CT molecular complexity index is 1470. The van der Waals surface area contributed by atoms with E-state index < -0.39 is 5.66 Å². The first-order valence-corrected chi connectivity index (χ1v) is 13.0. The highest BCUT2D eigenvalue weighted by atomic mass is 31.0. The lowest BCUT2D eigenvalue weighted by Crippen LogP contribution is -2.29. The number of halogens is 2. The van der Waals surface area contributed by atoms with Crippen molar-refractivity contribution in [1.29, 1.82) is 0 Å². The minimum atomic E-state index is -2.85. The summed E-state index contributed by atoms with van der Waals surface area (Å²) < 4.78 is 33.8. The summed E-state index contributed by atoms with van der Waals surface area (Å²) in [6.45, 7) is 1.73. The Morgan fingerprint density at radius 1 is 1.10 bits per heavy atom. The quantitative estimate of drug-likeness (QED) is 0.175. The van der Waals surface area contributed by atoms with Crippen LogP contribution in [0.15, 0.2) is 55.1 Å². The van der Waals surface area contributed by atoms with Gasteiger partial charge in [0.2, 0.25) is 0 Å². The maximum Gasteiger partial charge on any atom is 0.271 e. The van der Waals surface area contributed by atoms with E-state index >= 15 is 0 Å². The Morgan fingerprint density at radius 2 is 1.88 bits per heavy atom. The van der Waals surface area contributed by atoms with Gasteiger partial charge < -0.3 is 15.4 Å². The minimum Gasteiger partial charge on any atom is -0.494 e. The van der Waals surface area contributed by atoms with Crippen LogP contribution in [0.4, 0.5) is 31.8 Å². The Kier molecular flexibility index (Phi) is 9.01. The monoisotopic (exact) mass is 568 g/mol. The topological polar surface area (TPSA) is 110 Å². The lowest BCUT2D eigenvalue weighted by atomic mass is 10.1. The van der Waals surface area contributed by atoms with E-state index in [9.17, 15) is 13.6 Å². The molecule has 210 valence electrons. The van der Waals surface area contributed by atoms with Gasteiger partial charge in [0.15, 0.2) is 17.4 Å². The number of hydrogen-bond donors (Lipinski definition) is 2. The van der Waals surface area contributed by atoms with Crippen LogP contribution in [-0.4, -0.2) is 61.8 Å². The Labute approximate surface area is 233 Å². The van der Waals surface area contributed by atoms with E-state index in [-0.39, 0.29) is 12.3 Å². The summed E-state index contributed by atoms with van der Waals surface area (Å²) in [5, 5.41) is 10.8. The van der Waals surface area contributed by atoms with Crippen LogP contribution in [0.3, 0.4) is 0 Å². The first-order valence-electron chi connectivity index (χ1n) is 12.5. The normalized spacial score (nSPS) is 11.5. The molecule has 0 amide bonds. The van der Waals surface area contributed by atoms with Crippen LogP contribution >= 0.6 is 9.24 Å². The smallest absolute Gasteiger partial charge is 0.271 e. The van der Waals surface area contributed by atoms with Crippen LogP contribution < -0.4 is 15.4 Å². The SMILES string of the molecule is CCC(=O)c1cnc(Nc2ccc(CN(C)CC(F)(F)P)cn2)cc1Nc1cccc(-c2ncn(C)n2)c1OC. The van der Waals surface area contributed by atoms with E-state index in [1.807, 2.05) is 24.3 Å². The molecule has 3 aromatic heterocycles. The molecule has 10 nitrogen and oxygen atoms in total. The molecule has 0 saturated heterocycles. The molecule has 4 rings (SSSR count). The van der Waals surface area contributed by atoms with Gasteiger partial charge in [-0.2, -0.15) is 5.10 Å². The second-order valence-corrected chi connectivity index (χ2v) is 10.1. The predicted octanol–water partition coefficient (Wildman–Crippen LogP) is 5.26.